The number of para-hydroxylation sites is 1. The van der Waals surface area contributed by atoms with Gasteiger partial charge in [-0.25, -0.2) is 0 Å². The number of anilines is 1. The third-order valence-electron chi connectivity index (χ3n) is 5.78. The summed E-state index contributed by atoms with van der Waals surface area (Å²) in [6, 6.07) is 16.1. The number of ketones is 2. The average Bonchev–Trinajstić information content (AvgIpc) is 3.41. The van der Waals surface area contributed by atoms with E-state index in [0.29, 0.717) is 17.0 Å². The number of hydrogen-bond donors (Lipinski definition) is 0. The first-order valence-corrected chi connectivity index (χ1v) is 12.0. The Morgan fingerprint density at radius 3 is 2.24 bits per heavy atom. The fourth-order valence-corrected chi connectivity index (χ4v) is 4.91. The summed E-state index contributed by atoms with van der Waals surface area (Å²) < 4.78 is 6.01. The molecule has 0 saturated carbocycles. The quantitative estimate of drug-likeness (QED) is 0.334. The van der Waals surface area contributed by atoms with Gasteiger partial charge >= 0.3 is 0 Å². The van der Waals surface area contributed by atoms with Crippen molar-refractivity contribution in [2.24, 2.45) is 11.8 Å². The number of amides is 1. The van der Waals surface area contributed by atoms with Crippen molar-refractivity contribution in [2.45, 2.75) is 39.8 Å². The minimum Gasteiger partial charge on any atom is -0.491 e. The molecule has 3 aromatic rings. The van der Waals surface area contributed by atoms with Crippen LogP contribution in [0.25, 0.3) is 11.1 Å². The highest BCUT2D eigenvalue weighted by Gasteiger charge is 2.53. The summed E-state index contributed by atoms with van der Waals surface area (Å²) in [5, 5.41) is 4.06. The van der Waals surface area contributed by atoms with Crippen molar-refractivity contribution < 1.29 is 19.1 Å². The Bertz CT molecular complexity index is 1170. The van der Waals surface area contributed by atoms with E-state index in [1.165, 1.54) is 4.90 Å². The van der Waals surface area contributed by atoms with E-state index in [1.807, 2.05) is 73.8 Å². The Morgan fingerprint density at radius 1 is 0.939 bits per heavy atom. The van der Waals surface area contributed by atoms with Gasteiger partial charge in [0.05, 0.1) is 12.1 Å². The number of hydrogen-bond acceptors (Lipinski definition) is 5. The number of Topliss-reactive ketones (excluding diaryl/α,β-unsaturated/α-hetero) is 2. The van der Waals surface area contributed by atoms with Crippen LogP contribution in [-0.4, -0.2) is 23.6 Å². The lowest BCUT2D eigenvalue weighted by atomic mass is 9.84. The molecule has 2 heterocycles. The van der Waals surface area contributed by atoms with Crippen LogP contribution in [0.2, 0.25) is 0 Å². The highest BCUT2D eigenvalue weighted by atomic mass is 32.1. The molecule has 170 valence electrons. The van der Waals surface area contributed by atoms with E-state index >= 15 is 0 Å². The predicted octanol–water partition coefficient (Wildman–Crippen LogP) is 5.70. The molecule has 0 N–H and O–H groups in total. The maximum atomic E-state index is 13.3. The second-order valence-electron chi connectivity index (χ2n) is 8.78. The molecule has 0 aliphatic carbocycles. The van der Waals surface area contributed by atoms with Gasteiger partial charge in [-0.05, 0) is 60.0 Å². The molecule has 0 spiro atoms. The van der Waals surface area contributed by atoms with Gasteiger partial charge in [0.1, 0.15) is 17.5 Å². The smallest absolute Gasteiger partial charge is 0.295 e. The van der Waals surface area contributed by atoms with Crippen LogP contribution in [0.3, 0.4) is 0 Å². The van der Waals surface area contributed by atoms with Gasteiger partial charge in [-0.1, -0.05) is 44.2 Å². The lowest BCUT2D eigenvalue weighted by Crippen LogP contribution is -2.32. The predicted molar refractivity (Wildman–Crippen MR) is 131 cm³/mol. The zero-order valence-electron chi connectivity index (χ0n) is 19.1. The third-order valence-corrected chi connectivity index (χ3v) is 6.47. The Balaban J connectivity index is 1.83. The highest BCUT2D eigenvalue weighted by molar-refractivity contribution is 7.08. The van der Waals surface area contributed by atoms with Crippen molar-refractivity contribution in [3.8, 4) is 16.9 Å². The molecule has 1 fully saturated rings. The molecular formula is C27H27NO4S. The van der Waals surface area contributed by atoms with Gasteiger partial charge in [0.15, 0.2) is 0 Å². The van der Waals surface area contributed by atoms with Gasteiger partial charge in [0, 0.05) is 17.2 Å². The van der Waals surface area contributed by atoms with Crippen LogP contribution in [0.1, 0.15) is 39.3 Å². The largest absolute Gasteiger partial charge is 0.491 e. The monoisotopic (exact) mass is 461 g/mol. The fraction of sp³-hybridized carbons (Fsp3) is 0.296. The molecule has 1 aromatic heterocycles. The zero-order valence-corrected chi connectivity index (χ0v) is 20.0. The maximum absolute atomic E-state index is 13.3. The summed E-state index contributed by atoms with van der Waals surface area (Å²) in [7, 11) is 0. The van der Waals surface area contributed by atoms with Gasteiger partial charge in [-0.15, -0.1) is 0 Å². The van der Waals surface area contributed by atoms with Crippen LogP contribution < -0.4 is 9.64 Å². The Labute approximate surface area is 198 Å². The van der Waals surface area contributed by atoms with Crippen LogP contribution in [-0.2, 0) is 14.4 Å². The number of carbonyl (C=O) groups excluding carboxylic acids is 3. The van der Waals surface area contributed by atoms with Gasteiger partial charge in [-0.3, -0.25) is 19.3 Å². The van der Waals surface area contributed by atoms with Gasteiger partial charge < -0.3 is 4.74 Å². The standard InChI is InChI=1S/C27H27NO4S/c1-16(2)25(29)23-24(21-7-5-6-8-22(21)32-17(3)4)28(27(31)26(23)30)20-11-9-18(10-12-20)19-13-14-33-15-19/h5-17,23-24H,1-4H3. The third kappa shape index (κ3) is 4.35. The topological polar surface area (TPSA) is 63.7 Å². The molecule has 2 atom stereocenters. The first kappa shape index (κ1) is 22.9. The SMILES string of the molecule is CC(C)Oc1ccccc1C1C(C(=O)C(C)C)C(=O)C(=O)N1c1ccc(-c2ccsc2)cc1. The first-order valence-electron chi connectivity index (χ1n) is 11.1. The molecule has 1 aliphatic rings. The zero-order chi connectivity index (χ0) is 23.7. The van der Waals surface area contributed by atoms with Crippen molar-refractivity contribution in [2.75, 3.05) is 4.90 Å². The average molecular weight is 462 g/mol. The molecular weight excluding hydrogens is 434 g/mol. The molecule has 5 nitrogen and oxygen atoms in total. The summed E-state index contributed by atoms with van der Waals surface area (Å²) in [5.74, 6) is -2.46. The summed E-state index contributed by atoms with van der Waals surface area (Å²) in [6.45, 7) is 7.34. The molecule has 4 rings (SSSR count). The Kier molecular flexibility index (Phi) is 6.47. The van der Waals surface area contributed by atoms with E-state index in [4.69, 9.17) is 4.74 Å². The minimum atomic E-state index is -1.08. The van der Waals surface area contributed by atoms with Crippen molar-refractivity contribution in [1.82, 2.24) is 0 Å². The van der Waals surface area contributed by atoms with Crippen LogP contribution in [0, 0.1) is 11.8 Å². The van der Waals surface area contributed by atoms with Crippen molar-refractivity contribution >= 4 is 34.5 Å². The van der Waals surface area contributed by atoms with Gasteiger partial charge in [-0.2, -0.15) is 11.3 Å². The highest BCUT2D eigenvalue weighted by Crippen LogP contribution is 2.44. The van der Waals surface area contributed by atoms with Crippen LogP contribution in [0.4, 0.5) is 5.69 Å². The number of benzene rings is 2. The number of ether oxygens (including phenoxy) is 1. The van der Waals surface area contributed by atoms with Crippen molar-refractivity contribution in [3.05, 3.63) is 70.9 Å². The van der Waals surface area contributed by atoms with E-state index in [-0.39, 0.29) is 17.8 Å². The summed E-state index contributed by atoms with van der Waals surface area (Å²) in [4.78, 5) is 41.0. The van der Waals surface area contributed by atoms with Crippen LogP contribution in [0.15, 0.2) is 65.4 Å². The maximum Gasteiger partial charge on any atom is 0.295 e. The number of thiophene rings is 1. The summed E-state index contributed by atoms with van der Waals surface area (Å²) >= 11 is 1.61. The van der Waals surface area contributed by atoms with E-state index in [1.54, 1.807) is 25.2 Å². The number of carbonyl (C=O) groups is 3. The van der Waals surface area contributed by atoms with Gasteiger partial charge in [0.2, 0.25) is 5.78 Å². The Morgan fingerprint density at radius 2 is 1.64 bits per heavy atom. The molecule has 0 radical (unpaired) electrons. The number of rotatable bonds is 7. The molecule has 1 saturated heterocycles. The van der Waals surface area contributed by atoms with E-state index in [2.05, 4.69) is 5.38 Å². The normalized spacial score (nSPS) is 18.4. The minimum absolute atomic E-state index is 0.100. The van der Waals surface area contributed by atoms with Crippen LogP contribution in [0.5, 0.6) is 5.75 Å². The molecule has 6 heteroatoms. The molecule has 2 aromatic carbocycles. The van der Waals surface area contributed by atoms with Crippen molar-refractivity contribution in [1.29, 1.82) is 0 Å². The Hall–Kier alpha value is -3.25. The lowest BCUT2D eigenvalue weighted by molar-refractivity contribution is -0.139. The first-order chi connectivity index (χ1) is 15.8. The van der Waals surface area contributed by atoms with E-state index in [0.717, 1.165) is 11.1 Å². The second-order valence-corrected chi connectivity index (χ2v) is 9.56. The summed E-state index contributed by atoms with van der Waals surface area (Å²) in [5.41, 5.74) is 3.35. The van der Waals surface area contributed by atoms with E-state index in [9.17, 15) is 14.4 Å². The molecule has 33 heavy (non-hydrogen) atoms. The van der Waals surface area contributed by atoms with E-state index < -0.39 is 23.7 Å². The molecule has 2 unspecified atom stereocenters. The molecule has 1 aliphatic heterocycles. The summed E-state index contributed by atoms with van der Waals surface area (Å²) in [6.07, 6.45) is -0.100. The fourth-order valence-electron chi connectivity index (χ4n) is 4.24. The lowest BCUT2D eigenvalue weighted by Gasteiger charge is -2.29. The van der Waals surface area contributed by atoms with Crippen molar-refractivity contribution in [3.63, 3.8) is 0 Å². The number of nitrogens with zero attached hydrogens (tertiary/aromatic N) is 1. The molecule has 1 amide bonds. The van der Waals surface area contributed by atoms with Gasteiger partial charge in [0.25, 0.3) is 5.91 Å². The second kappa shape index (κ2) is 9.32. The van der Waals surface area contributed by atoms with Crippen LogP contribution >= 0.6 is 11.3 Å². The molecule has 0 bridgehead atoms.